The minimum atomic E-state index is 0. The predicted octanol–water partition coefficient (Wildman–Crippen LogP) is 6.68. The van der Waals surface area contributed by atoms with Gasteiger partial charge in [0, 0.05) is 57.3 Å². The molecule has 0 atom stereocenters. The summed E-state index contributed by atoms with van der Waals surface area (Å²) in [6, 6.07) is 22.3. The number of ether oxygens (including phenoxy) is 3. The van der Waals surface area contributed by atoms with Gasteiger partial charge in [0.25, 0.3) is 0 Å². The van der Waals surface area contributed by atoms with Crippen LogP contribution in [0.1, 0.15) is 25.4 Å². The molecule has 2 aliphatic heterocycles. The Kier molecular flexibility index (Phi) is 11.5. The molecule has 11 nitrogen and oxygen atoms in total. The number of piperidine rings is 1. The molecule has 2 saturated heterocycles. The molecule has 0 amide bonds. The maximum absolute atomic E-state index is 8.40. The Balaban J connectivity index is 0.000000391. The van der Waals surface area contributed by atoms with Crippen molar-refractivity contribution in [2.45, 2.75) is 32.7 Å². The molecule has 0 unspecified atom stereocenters. The number of hydrogen-bond donors (Lipinski definition) is 3. The van der Waals surface area contributed by atoms with E-state index in [-0.39, 0.29) is 1.43 Å². The number of nitrogens with zero attached hydrogens (tertiary/aromatic N) is 4. The van der Waals surface area contributed by atoms with E-state index in [1.807, 2.05) is 56.3 Å². The number of hydrogen-bond acceptors (Lipinski definition) is 11. The summed E-state index contributed by atoms with van der Waals surface area (Å²) >= 11 is 0. The van der Waals surface area contributed by atoms with Crippen molar-refractivity contribution in [2.24, 2.45) is 0 Å². The van der Waals surface area contributed by atoms with Gasteiger partial charge in [-0.3, -0.25) is 4.90 Å². The average Bonchev–Trinajstić information content (AvgIpc) is 3.10. The lowest BCUT2D eigenvalue weighted by Crippen LogP contribution is -2.49. The highest BCUT2D eigenvalue weighted by Crippen LogP contribution is 2.31. The summed E-state index contributed by atoms with van der Waals surface area (Å²) in [5.74, 6) is 3.14. The van der Waals surface area contributed by atoms with E-state index in [1.54, 1.807) is 20.4 Å². The zero-order chi connectivity index (χ0) is 32.3. The normalized spacial score (nSPS) is 15.4. The molecule has 4 aromatic rings. The molecule has 3 heterocycles. The zero-order valence-electron chi connectivity index (χ0n) is 27.0. The van der Waals surface area contributed by atoms with Crippen molar-refractivity contribution in [3.63, 3.8) is 0 Å². The monoisotopic (exact) mass is 630 g/mol. The highest BCUT2D eigenvalue weighted by Gasteiger charge is 2.25. The molecule has 46 heavy (non-hydrogen) atoms. The van der Waals surface area contributed by atoms with E-state index in [4.69, 9.17) is 19.5 Å². The molecule has 0 spiro atoms. The van der Waals surface area contributed by atoms with Crippen molar-refractivity contribution in [3.05, 3.63) is 84.1 Å². The first-order valence-corrected chi connectivity index (χ1v) is 15.6. The Morgan fingerprint density at radius 2 is 1.59 bits per heavy atom. The van der Waals surface area contributed by atoms with Crippen molar-refractivity contribution in [1.82, 2.24) is 14.9 Å². The first-order chi connectivity index (χ1) is 22.5. The lowest BCUT2D eigenvalue weighted by molar-refractivity contribution is -0.138. The third-order valence-corrected chi connectivity index (χ3v) is 8.34. The summed E-state index contributed by atoms with van der Waals surface area (Å²) in [5.41, 5.74) is 4.89. The van der Waals surface area contributed by atoms with Crippen molar-refractivity contribution in [2.75, 3.05) is 69.1 Å². The highest BCUT2D eigenvalue weighted by atomic mass is 17.1. The first kappa shape index (κ1) is 32.8. The van der Waals surface area contributed by atoms with Crippen LogP contribution in [-0.4, -0.2) is 79.8 Å². The maximum atomic E-state index is 8.40. The number of benzene rings is 3. The van der Waals surface area contributed by atoms with E-state index in [0.717, 1.165) is 67.6 Å². The fourth-order valence-corrected chi connectivity index (χ4v) is 5.79. The van der Waals surface area contributed by atoms with Crippen LogP contribution in [0.4, 0.5) is 28.8 Å². The Morgan fingerprint density at radius 3 is 2.22 bits per heavy atom. The van der Waals surface area contributed by atoms with Crippen LogP contribution in [0.15, 0.2) is 72.9 Å². The number of aromatic nitrogens is 2. The SMILES string of the molecule is COc1ccc(Nc2ccnc(Nc3ccc(N4CCC(N5CCOCC5)CC4)cc3)n2)c(OC)c1.Cc1cccc(C)c1OO.[HH]. The summed E-state index contributed by atoms with van der Waals surface area (Å²) in [5, 5.41) is 15.0. The second-order valence-corrected chi connectivity index (χ2v) is 11.3. The van der Waals surface area contributed by atoms with Gasteiger partial charge in [0.1, 0.15) is 17.3 Å². The second-order valence-electron chi connectivity index (χ2n) is 11.3. The number of rotatable bonds is 9. The third kappa shape index (κ3) is 8.57. The van der Waals surface area contributed by atoms with Crippen LogP contribution in [0, 0.1) is 13.8 Å². The molecule has 0 saturated carbocycles. The van der Waals surface area contributed by atoms with Crippen LogP contribution in [-0.2, 0) is 4.74 Å². The molecular formula is C35H46N6O5. The summed E-state index contributed by atoms with van der Waals surface area (Å²) in [4.78, 5) is 18.2. The summed E-state index contributed by atoms with van der Waals surface area (Å²) < 4.78 is 16.2. The lowest BCUT2D eigenvalue weighted by Gasteiger charge is -2.40. The molecule has 0 bridgehead atoms. The largest absolute Gasteiger partial charge is 0.497 e. The number of anilines is 5. The minimum Gasteiger partial charge on any atom is -0.497 e. The van der Waals surface area contributed by atoms with E-state index < -0.39 is 0 Å². The molecule has 6 rings (SSSR count). The molecule has 0 aliphatic carbocycles. The molecular weight excluding hydrogens is 584 g/mol. The van der Waals surface area contributed by atoms with Gasteiger partial charge in [-0.05, 0) is 80.3 Å². The Labute approximate surface area is 272 Å². The molecule has 0 radical (unpaired) electrons. The highest BCUT2D eigenvalue weighted by molar-refractivity contribution is 5.67. The fourth-order valence-electron chi connectivity index (χ4n) is 5.79. The maximum Gasteiger partial charge on any atom is 0.229 e. The van der Waals surface area contributed by atoms with Crippen LogP contribution >= 0.6 is 0 Å². The summed E-state index contributed by atoms with van der Waals surface area (Å²) in [7, 11) is 3.26. The van der Waals surface area contributed by atoms with Crippen molar-refractivity contribution >= 4 is 28.8 Å². The second kappa shape index (κ2) is 16.1. The minimum absolute atomic E-state index is 0. The van der Waals surface area contributed by atoms with Crippen molar-refractivity contribution in [1.29, 1.82) is 0 Å². The van der Waals surface area contributed by atoms with Crippen LogP contribution in [0.5, 0.6) is 17.2 Å². The van der Waals surface area contributed by atoms with E-state index in [2.05, 4.69) is 59.6 Å². The first-order valence-electron chi connectivity index (χ1n) is 15.6. The van der Waals surface area contributed by atoms with Gasteiger partial charge < -0.3 is 34.6 Å². The van der Waals surface area contributed by atoms with Gasteiger partial charge in [-0.25, -0.2) is 10.2 Å². The number of para-hydroxylation sites is 1. The lowest BCUT2D eigenvalue weighted by atomic mass is 10.0. The van der Waals surface area contributed by atoms with E-state index in [1.165, 1.54) is 18.5 Å². The van der Waals surface area contributed by atoms with E-state index in [9.17, 15) is 0 Å². The van der Waals surface area contributed by atoms with E-state index in [0.29, 0.717) is 29.3 Å². The van der Waals surface area contributed by atoms with Crippen molar-refractivity contribution < 1.29 is 25.8 Å². The molecule has 2 fully saturated rings. The average molecular weight is 631 g/mol. The smallest absolute Gasteiger partial charge is 0.229 e. The van der Waals surface area contributed by atoms with Crippen LogP contribution in [0.2, 0.25) is 0 Å². The third-order valence-electron chi connectivity index (χ3n) is 8.34. The van der Waals surface area contributed by atoms with Gasteiger partial charge in [0.15, 0.2) is 5.75 Å². The molecule has 2 aliphatic rings. The molecule has 3 N–H and O–H groups in total. The number of morpholine rings is 1. The topological polar surface area (TPSA) is 113 Å². The zero-order valence-corrected chi connectivity index (χ0v) is 27.0. The Bertz CT molecular complexity index is 1530. The van der Waals surface area contributed by atoms with Gasteiger partial charge in [-0.2, -0.15) is 4.98 Å². The van der Waals surface area contributed by atoms with Crippen molar-refractivity contribution in [3.8, 4) is 17.2 Å². The number of aryl methyl sites for hydroxylation is 2. The van der Waals surface area contributed by atoms with Crippen LogP contribution < -0.4 is 29.9 Å². The molecule has 1 aromatic heterocycles. The summed E-state index contributed by atoms with van der Waals surface area (Å²) in [6.45, 7) is 9.81. The van der Waals surface area contributed by atoms with Crippen LogP contribution in [0.25, 0.3) is 0 Å². The summed E-state index contributed by atoms with van der Waals surface area (Å²) in [6.07, 6.45) is 4.12. The Morgan fingerprint density at radius 1 is 0.870 bits per heavy atom. The van der Waals surface area contributed by atoms with Crippen LogP contribution in [0.3, 0.4) is 0 Å². The van der Waals surface area contributed by atoms with Gasteiger partial charge in [0.2, 0.25) is 5.95 Å². The van der Waals surface area contributed by atoms with E-state index >= 15 is 0 Å². The van der Waals surface area contributed by atoms with Gasteiger partial charge in [-0.1, -0.05) is 18.2 Å². The van der Waals surface area contributed by atoms with Gasteiger partial charge in [0.05, 0.1) is 33.1 Å². The molecule has 3 aromatic carbocycles. The fraction of sp³-hybridized carbons (Fsp3) is 0.371. The molecule has 246 valence electrons. The predicted molar refractivity (Wildman–Crippen MR) is 183 cm³/mol. The standard InChI is InChI=1S/C27H34N6O3.C8H10O2.H2/c1-34-23-7-8-24(25(19-23)35-2)30-26-9-12-28-27(31-26)29-20-3-5-21(6-4-20)32-13-10-22(11-14-32)33-15-17-36-18-16-33;1-6-4-3-5-7(2)8(6)10-9;/h3-9,12,19,22H,10-11,13-18H2,1-2H3,(H2,28,29,30,31);3-5,9H,1-2H3;1H. The van der Waals surface area contributed by atoms with Gasteiger partial charge >= 0.3 is 0 Å². The quantitative estimate of drug-likeness (QED) is 0.136. The molecule has 11 heteroatoms. The Hall–Kier alpha value is -4.58. The number of methoxy groups -OCH3 is 2. The number of nitrogens with one attached hydrogen (secondary N) is 2. The van der Waals surface area contributed by atoms with Gasteiger partial charge in [-0.15, -0.1) is 0 Å².